The fourth-order valence-corrected chi connectivity index (χ4v) is 2.71. The third kappa shape index (κ3) is 4.68. The van der Waals surface area contributed by atoms with Crippen LogP contribution >= 0.6 is 0 Å². The Morgan fingerprint density at radius 1 is 1.12 bits per heavy atom. The normalized spacial score (nSPS) is 17.3. The number of ether oxygens (including phenoxy) is 3. The predicted molar refractivity (Wildman–Crippen MR) is 90.6 cm³/mol. The minimum absolute atomic E-state index is 0.127. The highest BCUT2D eigenvalue weighted by Gasteiger charge is 2.35. The summed E-state index contributed by atoms with van der Waals surface area (Å²) < 4.78 is 55.3. The third-order valence-electron chi connectivity index (χ3n) is 4.17. The molecule has 2 aromatic carbocycles. The molecule has 1 heterocycles. The van der Waals surface area contributed by atoms with Gasteiger partial charge in [-0.15, -0.1) is 0 Å². The van der Waals surface area contributed by atoms with Crippen LogP contribution in [0.3, 0.4) is 0 Å². The van der Waals surface area contributed by atoms with Crippen molar-refractivity contribution < 1.29 is 27.4 Å². The maximum atomic E-state index is 13.2. The molecule has 4 nitrogen and oxygen atoms in total. The van der Waals surface area contributed by atoms with Gasteiger partial charge in [-0.05, 0) is 42.3 Å². The molecule has 0 radical (unpaired) electrons. The van der Waals surface area contributed by atoms with Gasteiger partial charge in [0, 0.05) is 19.2 Å². The average molecular weight is 367 g/mol. The number of nitrogens with one attached hydrogen (secondary N) is 1. The topological polar surface area (TPSA) is 39.7 Å². The van der Waals surface area contributed by atoms with Gasteiger partial charge in [0.05, 0.1) is 13.7 Å². The lowest BCUT2D eigenvalue weighted by molar-refractivity contribution is -0.138. The van der Waals surface area contributed by atoms with E-state index < -0.39 is 11.7 Å². The van der Waals surface area contributed by atoms with Crippen molar-refractivity contribution in [2.45, 2.75) is 25.2 Å². The van der Waals surface area contributed by atoms with Crippen molar-refractivity contribution in [2.24, 2.45) is 0 Å². The van der Waals surface area contributed by atoms with E-state index in [1.54, 1.807) is 12.1 Å². The van der Waals surface area contributed by atoms with Crippen molar-refractivity contribution in [3.8, 4) is 17.2 Å². The molecule has 0 amide bonds. The molecule has 0 aliphatic carbocycles. The molecular formula is C19H20F3NO3. The van der Waals surface area contributed by atoms with Gasteiger partial charge in [0.15, 0.2) is 0 Å². The third-order valence-corrected chi connectivity index (χ3v) is 4.17. The van der Waals surface area contributed by atoms with E-state index in [9.17, 15) is 13.2 Å². The van der Waals surface area contributed by atoms with Crippen LogP contribution in [0.15, 0.2) is 42.5 Å². The van der Waals surface area contributed by atoms with Gasteiger partial charge in [-0.25, -0.2) is 0 Å². The molecule has 1 unspecified atom stereocenters. The summed E-state index contributed by atoms with van der Waals surface area (Å²) in [5.41, 5.74) is 0.152. The van der Waals surface area contributed by atoms with Crippen LogP contribution in [0.2, 0.25) is 0 Å². The van der Waals surface area contributed by atoms with Crippen molar-refractivity contribution in [1.82, 2.24) is 5.32 Å². The molecule has 140 valence electrons. The molecule has 0 saturated carbocycles. The van der Waals surface area contributed by atoms with Crippen molar-refractivity contribution in [3.63, 3.8) is 0 Å². The summed E-state index contributed by atoms with van der Waals surface area (Å²) in [5, 5.41) is 3.38. The summed E-state index contributed by atoms with van der Waals surface area (Å²) in [6.45, 7) is 2.15. The minimum Gasteiger partial charge on any atom is -0.497 e. The summed E-state index contributed by atoms with van der Waals surface area (Å²) in [7, 11) is 1.32. The zero-order valence-corrected chi connectivity index (χ0v) is 14.3. The summed E-state index contributed by atoms with van der Waals surface area (Å²) in [6, 6.07) is 10.9. The van der Waals surface area contributed by atoms with Gasteiger partial charge in [0.25, 0.3) is 0 Å². The molecule has 1 aliphatic heterocycles. The first-order valence-electron chi connectivity index (χ1n) is 8.29. The standard InChI is InChI=1S/C19H20F3NO3/c1-24-16-6-7-18(17(10-16)19(20,21)22)26-15-4-2-13(3-5-15)11-23-14-8-9-25-12-14/h2-7,10,14,23H,8-9,11-12H2,1H3. The quantitative estimate of drug-likeness (QED) is 0.822. The van der Waals surface area contributed by atoms with E-state index >= 15 is 0 Å². The highest BCUT2D eigenvalue weighted by Crippen LogP contribution is 2.40. The number of rotatable bonds is 6. The molecule has 1 fully saturated rings. The molecular weight excluding hydrogens is 347 g/mol. The van der Waals surface area contributed by atoms with E-state index in [1.807, 2.05) is 12.1 Å². The number of hydrogen-bond donors (Lipinski definition) is 1. The molecule has 0 aromatic heterocycles. The molecule has 1 N–H and O–H groups in total. The average Bonchev–Trinajstić information content (AvgIpc) is 3.14. The molecule has 3 rings (SSSR count). The Balaban J connectivity index is 1.68. The monoisotopic (exact) mass is 367 g/mol. The second-order valence-electron chi connectivity index (χ2n) is 6.05. The smallest absolute Gasteiger partial charge is 0.420 e. The number of alkyl halides is 3. The van der Waals surface area contributed by atoms with E-state index in [1.165, 1.54) is 19.2 Å². The first-order valence-corrected chi connectivity index (χ1v) is 8.29. The van der Waals surface area contributed by atoms with Gasteiger partial charge in [-0.3, -0.25) is 0 Å². The number of methoxy groups -OCH3 is 1. The summed E-state index contributed by atoms with van der Waals surface area (Å²) in [5.74, 6) is 0.211. The van der Waals surface area contributed by atoms with E-state index in [0.717, 1.165) is 24.7 Å². The molecule has 1 atom stereocenters. The van der Waals surface area contributed by atoms with Crippen molar-refractivity contribution in [2.75, 3.05) is 20.3 Å². The van der Waals surface area contributed by atoms with Gasteiger partial charge < -0.3 is 19.5 Å². The van der Waals surface area contributed by atoms with Gasteiger partial charge in [0.1, 0.15) is 22.8 Å². The van der Waals surface area contributed by atoms with E-state index in [4.69, 9.17) is 14.2 Å². The lowest BCUT2D eigenvalue weighted by atomic mass is 10.1. The molecule has 1 saturated heterocycles. The van der Waals surface area contributed by atoms with Crippen LogP contribution in [0.4, 0.5) is 13.2 Å². The number of halogens is 3. The SMILES string of the molecule is COc1ccc(Oc2ccc(CNC3CCOC3)cc2)c(C(F)(F)F)c1. The maximum Gasteiger partial charge on any atom is 0.420 e. The lowest BCUT2D eigenvalue weighted by Gasteiger charge is -2.15. The van der Waals surface area contributed by atoms with E-state index in [2.05, 4.69) is 5.32 Å². The van der Waals surface area contributed by atoms with Crippen LogP contribution in [-0.2, 0) is 17.5 Å². The summed E-state index contributed by atoms with van der Waals surface area (Å²) in [6.07, 6.45) is -3.55. The highest BCUT2D eigenvalue weighted by molar-refractivity contribution is 5.44. The van der Waals surface area contributed by atoms with Crippen LogP contribution in [0.25, 0.3) is 0 Å². The predicted octanol–water partition coefficient (Wildman–Crippen LogP) is 4.38. The van der Waals surface area contributed by atoms with Crippen LogP contribution < -0.4 is 14.8 Å². The Kier molecular flexibility index (Phi) is 5.68. The molecule has 7 heteroatoms. The van der Waals surface area contributed by atoms with Crippen LogP contribution in [-0.4, -0.2) is 26.4 Å². The van der Waals surface area contributed by atoms with Crippen molar-refractivity contribution in [3.05, 3.63) is 53.6 Å². The van der Waals surface area contributed by atoms with Crippen molar-refractivity contribution >= 4 is 0 Å². The van der Waals surface area contributed by atoms with Gasteiger partial charge >= 0.3 is 6.18 Å². The number of hydrogen-bond acceptors (Lipinski definition) is 4. The second kappa shape index (κ2) is 7.97. The highest BCUT2D eigenvalue weighted by atomic mass is 19.4. The molecule has 26 heavy (non-hydrogen) atoms. The molecule has 0 bridgehead atoms. The maximum absolute atomic E-state index is 13.2. The van der Waals surface area contributed by atoms with E-state index in [0.29, 0.717) is 24.9 Å². The van der Waals surface area contributed by atoms with Crippen LogP contribution in [0, 0.1) is 0 Å². The van der Waals surface area contributed by atoms with E-state index in [-0.39, 0.29) is 11.5 Å². The minimum atomic E-state index is -4.53. The van der Waals surface area contributed by atoms with Gasteiger partial charge in [-0.1, -0.05) is 12.1 Å². The first-order chi connectivity index (χ1) is 12.5. The fourth-order valence-electron chi connectivity index (χ4n) is 2.71. The Morgan fingerprint density at radius 2 is 1.85 bits per heavy atom. The molecule has 2 aromatic rings. The first kappa shape index (κ1) is 18.5. The second-order valence-corrected chi connectivity index (χ2v) is 6.05. The lowest BCUT2D eigenvalue weighted by Crippen LogP contribution is -2.28. The zero-order valence-electron chi connectivity index (χ0n) is 14.3. The Hall–Kier alpha value is -2.25. The fraction of sp³-hybridized carbons (Fsp3) is 0.368. The van der Waals surface area contributed by atoms with Crippen LogP contribution in [0.5, 0.6) is 17.2 Å². The largest absolute Gasteiger partial charge is 0.497 e. The number of benzene rings is 2. The molecule has 1 aliphatic rings. The Bertz CT molecular complexity index is 726. The summed E-state index contributed by atoms with van der Waals surface area (Å²) in [4.78, 5) is 0. The van der Waals surface area contributed by atoms with Gasteiger partial charge in [0.2, 0.25) is 0 Å². The molecule has 0 spiro atoms. The van der Waals surface area contributed by atoms with Gasteiger partial charge in [-0.2, -0.15) is 13.2 Å². The zero-order chi connectivity index (χ0) is 18.6. The van der Waals surface area contributed by atoms with Crippen LogP contribution in [0.1, 0.15) is 17.5 Å². The summed E-state index contributed by atoms with van der Waals surface area (Å²) >= 11 is 0. The Morgan fingerprint density at radius 3 is 2.46 bits per heavy atom. The Labute approximate surface area is 149 Å². The van der Waals surface area contributed by atoms with Crippen molar-refractivity contribution in [1.29, 1.82) is 0 Å².